The molecule has 0 fully saturated rings. The van der Waals surface area contributed by atoms with Crippen LogP contribution < -0.4 is 10.2 Å². The number of hydrogen-bond donors (Lipinski definition) is 1. The zero-order valence-corrected chi connectivity index (χ0v) is 11.7. The maximum Gasteiger partial charge on any atom is 0.0637 e. The van der Waals surface area contributed by atoms with Gasteiger partial charge in [-0.15, -0.1) is 0 Å². The molecule has 0 aliphatic carbocycles. The van der Waals surface area contributed by atoms with Crippen molar-refractivity contribution in [1.29, 1.82) is 0 Å². The van der Waals surface area contributed by atoms with E-state index in [0.717, 1.165) is 6.54 Å². The van der Waals surface area contributed by atoms with Gasteiger partial charge in [-0.2, -0.15) is 0 Å². The highest BCUT2D eigenvalue weighted by Gasteiger charge is 2.24. The Hall–Kier alpha value is -1.18. The van der Waals surface area contributed by atoms with Crippen molar-refractivity contribution >= 4 is 11.4 Å². The summed E-state index contributed by atoms with van der Waals surface area (Å²) in [6.07, 6.45) is 1.19. The summed E-state index contributed by atoms with van der Waals surface area (Å²) >= 11 is 0. The quantitative estimate of drug-likeness (QED) is 0.735. The molecule has 17 heavy (non-hydrogen) atoms. The van der Waals surface area contributed by atoms with Gasteiger partial charge in [-0.05, 0) is 30.4 Å². The molecule has 1 aliphatic heterocycles. The van der Waals surface area contributed by atoms with Crippen LogP contribution in [-0.2, 0) is 5.41 Å². The van der Waals surface area contributed by atoms with Gasteiger partial charge in [0.2, 0.25) is 0 Å². The number of anilines is 2. The average Bonchev–Trinajstić information content (AvgIpc) is 2.37. The van der Waals surface area contributed by atoms with Crippen LogP contribution in [-0.4, -0.2) is 19.6 Å². The summed E-state index contributed by atoms with van der Waals surface area (Å²) < 4.78 is 0. The molecule has 1 aromatic rings. The first-order valence-electron chi connectivity index (χ1n) is 6.51. The molecule has 2 heteroatoms. The Labute approximate surface area is 105 Å². The van der Waals surface area contributed by atoms with Gasteiger partial charge in [0.1, 0.15) is 0 Å². The molecule has 0 saturated heterocycles. The van der Waals surface area contributed by atoms with Gasteiger partial charge >= 0.3 is 0 Å². The summed E-state index contributed by atoms with van der Waals surface area (Å²) in [5, 5.41) is 3.62. The van der Waals surface area contributed by atoms with Gasteiger partial charge in [-0.3, -0.25) is 0 Å². The molecule has 2 nitrogen and oxygen atoms in total. The Morgan fingerprint density at radius 2 is 2.00 bits per heavy atom. The predicted octanol–water partition coefficient (Wildman–Crippen LogP) is 3.62. The number of hydrogen-bond acceptors (Lipinski definition) is 2. The normalized spacial score (nSPS) is 20.5. The topological polar surface area (TPSA) is 15.3 Å². The molecule has 0 spiro atoms. The number of rotatable bonds is 0. The van der Waals surface area contributed by atoms with E-state index in [9.17, 15) is 0 Å². The van der Waals surface area contributed by atoms with Crippen molar-refractivity contribution in [3.63, 3.8) is 0 Å². The lowest BCUT2D eigenvalue weighted by atomic mass is 9.85. The summed E-state index contributed by atoms with van der Waals surface area (Å²) in [5.41, 5.74) is 4.28. The second-order valence-electron chi connectivity index (χ2n) is 6.21. The number of fused-ring (bicyclic) bond motifs is 1. The highest BCUT2D eigenvalue weighted by molar-refractivity contribution is 5.75. The van der Waals surface area contributed by atoms with Gasteiger partial charge < -0.3 is 10.2 Å². The van der Waals surface area contributed by atoms with E-state index in [0.29, 0.717) is 6.04 Å². The predicted molar refractivity (Wildman–Crippen MR) is 76.1 cm³/mol. The van der Waals surface area contributed by atoms with Crippen molar-refractivity contribution in [3.05, 3.63) is 23.8 Å². The van der Waals surface area contributed by atoms with E-state index in [-0.39, 0.29) is 5.41 Å². The molecular weight excluding hydrogens is 208 g/mol. The van der Waals surface area contributed by atoms with E-state index >= 15 is 0 Å². The van der Waals surface area contributed by atoms with E-state index in [4.69, 9.17) is 0 Å². The summed E-state index contributed by atoms with van der Waals surface area (Å²) in [4.78, 5) is 2.40. The van der Waals surface area contributed by atoms with Crippen molar-refractivity contribution in [2.24, 2.45) is 0 Å². The lowest BCUT2D eigenvalue weighted by molar-refractivity contribution is 0.588. The molecule has 1 heterocycles. The summed E-state index contributed by atoms with van der Waals surface area (Å²) in [7, 11) is 2.20. The molecule has 0 radical (unpaired) electrons. The Morgan fingerprint density at radius 3 is 2.65 bits per heavy atom. The lowest BCUT2D eigenvalue weighted by Crippen LogP contribution is -2.23. The molecule has 1 aromatic carbocycles. The fraction of sp³-hybridized carbons (Fsp3) is 0.600. The largest absolute Gasteiger partial charge is 0.381 e. The number of nitrogens with one attached hydrogen (secondary N) is 1. The van der Waals surface area contributed by atoms with Crippen LogP contribution in [0.3, 0.4) is 0 Å². The second kappa shape index (κ2) is 4.25. The highest BCUT2D eigenvalue weighted by atomic mass is 15.1. The minimum atomic E-state index is 0.189. The lowest BCUT2D eigenvalue weighted by Gasteiger charge is -2.29. The molecule has 0 bridgehead atoms. The van der Waals surface area contributed by atoms with Crippen molar-refractivity contribution in [2.45, 2.75) is 45.6 Å². The number of nitrogens with zero attached hydrogens (tertiary/aromatic N) is 1. The Morgan fingerprint density at radius 1 is 1.29 bits per heavy atom. The number of benzene rings is 1. The Balaban J connectivity index is 2.55. The van der Waals surface area contributed by atoms with Crippen LogP contribution in [0.1, 0.15) is 39.7 Å². The third-order valence-electron chi connectivity index (χ3n) is 3.53. The van der Waals surface area contributed by atoms with Crippen LogP contribution >= 0.6 is 0 Å². The first-order chi connectivity index (χ1) is 7.89. The molecule has 1 unspecified atom stereocenters. The molecule has 2 rings (SSSR count). The van der Waals surface area contributed by atoms with E-state index in [2.05, 4.69) is 63.2 Å². The zero-order valence-electron chi connectivity index (χ0n) is 11.7. The van der Waals surface area contributed by atoms with Crippen LogP contribution in [0.15, 0.2) is 18.2 Å². The smallest absolute Gasteiger partial charge is 0.0637 e. The first kappa shape index (κ1) is 12.3. The van der Waals surface area contributed by atoms with E-state index in [1.165, 1.54) is 23.4 Å². The highest BCUT2D eigenvalue weighted by Crippen LogP contribution is 2.38. The van der Waals surface area contributed by atoms with E-state index in [1.54, 1.807) is 0 Å². The van der Waals surface area contributed by atoms with Gasteiger partial charge in [-0.25, -0.2) is 0 Å². The molecule has 1 N–H and O–H groups in total. The monoisotopic (exact) mass is 232 g/mol. The standard InChI is InChI=1S/C15H24N2/c1-11-9-10-17(5)14-12(15(2,3)4)7-6-8-13(14)16-11/h6-8,11,16H,9-10H2,1-5H3. The van der Waals surface area contributed by atoms with Crippen molar-refractivity contribution in [2.75, 3.05) is 23.8 Å². The third-order valence-corrected chi connectivity index (χ3v) is 3.53. The van der Waals surface area contributed by atoms with Crippen LogP contribution in [0.2, 0.25) is 0 Å². The minimum absolute atomic E-state index is 0.189. The van der Waals surface area contributed by atoms with Gasteiger partial charge in [0.05, 0.1) is 11.4 Å². The SMILES string of the molecule is CC1CCN(C)c2c(cccc2C(C)(C)C)N1. The molecule has 0 saturated carbocycles. The minimum Gasteiger partial charge on any atom is -0.381 e. The van der Waals surface area contributed by atoms with Crippen LogP contribution in [0, 0.1) is 0 Å². The molecule has 1 atom stereocenters. The second-order valence-corrected chi connectivity index (χ2v) is 6.21. The zero-order chi connectivity index (χ0) is 12.6. The van der Waals surface area contributed by atoms with Crippen LogP contribution in [0.25, 0.3) is 0 Å². The van der Waals surface area contributed by atoms with Crippen molar-refractivity contribution in [1.82, 2.24) is 0 Å². The summed E-state index contributed by atoms with van der Waals surface area (Å²) in [6, 6.07) is 7.17. The molecule has 0 amide bonds. The van der Waals surface area contributed by atoms with Gasteiger partial charge in [0, 0.05) is 19.6 Å². The fourth-order valence-corrected chi connectivity index (χ4v) is 2.51. The first-order valence-corrected chi connectivity index (χ1v) is 6.51. The van der Waals surface area contributed by atoms with Gasteiger partial charge in [0.25, 0.3) is 0 Å². The van der Waals surface area contributed by atoms with Crippen molar-refractivity contribution < 1.29 is 0 Å². The molecule has 0 aromatic heterocycles. The fourth-order valence-electron chi connectivity index (χ4n) is 2.51. The molecule has 94 valence electrons. The number of para-hydroxylation sites is 1. The summed E-state index contributed by atoms with van der Waals surface area (Å²) in [5.74, 6) is 0. The average molecular weight is 232 g/mol. The molecular formula is C15H24N2. The maximum atomic E-state index is 3.62. The van der Waals surface area contributed by atoms with Crippen molar-refractivity contribution in [3.8, 4) is 0 Å². The van der Waals surface area contributed by atoms with E-state index < -0.39 is 0 Å². The third kappa shape index (κ3) is 2.41. The molecule has 1 aliphatic rings. The van der Waals surface area contributed by atoms with Gasteiger partial charge in [-0.1, -0.05) is 32.9 Å². The van der Waals surface area contributed by atoms with Crippen LogP contribution in [0.5, 0.6) is 0 Å². The van der Waals surface area contributed by atoms with E-state index in [1.807, 2.05) is 0 Å². The Kier molecular flexibility index (Phi) is 3.07. The van der Waals surface area contributed by atoms with Crippen LogP contribution in [0.4, 0.5) is 11.4 Å². The maximum absolute atomic E-state index is 3.62. The summed E-state index contributed by atoms with van der Waals surface area (Å²) in [6.45, 7) is 10.2. The van der Waals surface area contributed by atoms with Gasteiger partial charge in [0.15, 0.2) is 0 Å². The Bertz CT molecular complexity index is 404.